The highest BCUT2D eigenvalue weighted by Gasteiger charge is 2.39. The highest BCUT2D eigenvalue weighted by molar-refractivity contribution is 7.62. The second-order valence-electron chi connectivity index (χ2n) is 6.40. The van der Waals surface area contributed by atoms with Crippen molar-refractivity contribution in [1.29, 1.82) is 0 Å². The van der Waals surface area contributed by atoms with Gasteiger partial charge in [0, 0.05) is 25.3 Å². The van der Waals surface area contributed by atoms with Crippen molar-refractivity contribution in [2.45, 2.75) is 65.6 Å². The van der Waals surface area contributed by atoms with Crippen LogP contribution in [0.25, 0.3) is 0 Å². The van der Waals surface area contributed by atoms with E-state index in [9.17, 15) is 0 Å². The maximum absolute atomic E-state index is 5.37. The highest BCUT2D eigenvalue weighted by atomic mass is 31.2. The molecule has 0 aromatic carbocycles. The van der Waals surface area contributed by atoms with Crippen molar-refractivity contribution < 1.29 is 0 Å². The summed E-state index contributed by atoms with van der Waals surface area (Å²) in [6.45, 7) is 17.1. The van der Waals surface area contributed by atoms with E-state index in [0.29, 0.717) is 5.66 Å². The third kappa shape index (κ3) is 3.18. The Balaban J connectivity index is 3.35. The molecule has 4 heteroatoms. The van der Waals surface area contributed by atoms with E-state index in [0.717, 1.165) is 13.1 Å². The summed E-state index contributed by atoms with van der Waals surface area (Å²) in [6.07, 6.45) is 2.65. The molecule has 0 saturated carbocycles. The molecule has 1 fully saturated rings. The number of rotatable bonds is 3. The summed E-state index contributed by atoms with van der Waals surface area (Å²) in [5.74, 6) is 0. The molecule has 0 aliphatic carbocycles. The van der Waals surface area contributed by atoms with Crippen LogP contribution in [0.3, 0.4) is 0 Å². The van der Waals surface area contributed by atoms with Crippen LogP contribution in [-0.4, -0.2) is 47.2 Å². The summed E-state index contributed by atoms with van der Waals surface area (Å²) in [5, 5.41) is 0. The zero-order valence-electron chi connectivity index (χ0n) is 13.4. The number of nitrogens with zero attached hydrogens (tertiary/aromatic N) is 3. The molecule has 1 heterocycles. The molecule has 0 radical (unpaired) electrons. The van der Waals surface area contributed by atoms with Gasteiger partial charge in [-0.15, -0.1) is 0 Å². The van der Waals surface area contributed by atoms with E-state index < -0.39 is 7.36 Å². The Morgan fingerprint density at radius 2 is 1.83 bits per heavy atom. The fourth-order valence-electron chi connectivity index (χ4n) is 3.09. The predicted molar refractivity (Wildman–Crippen MR) is 83.3 cm³/mol. The minimum atomic E-state index is -1.51. The lowest BCUT2D eigenvalue weighted by Gasteiger charge is -2.49. The molecular formula is C14H32N3P. The minimum absolute atomic E-state index is 0.0518. The lowest BCUT2D eigenvalue weighted by atomic mass is 10.1. The van der Waals surface area contributed by atoms with Gasteiger partial charge in [-0.25, -0.2) is 0 Å². The van der Waals surface area contributed by atoms with Gasteiger partial charge in [-0.1, -0.05) is 20.8 Å². The molecule has 1 aliphatic heterocycles. The van der Waals surface area contributed by atoms with Crippen LogP contribution in [0.5, 0.6) is 0 Å². The van der Waals surface area contributed by atoms with Crippen LogP contribution in [0.15, 0.2) is 4.74 Å². The van der Waals surface area contributed by atoms with E-state index in [1.807, 2.05) is 0 Å². The summed E-state index contributed by atoms with van der Waals surface area (Å²) < 4.78 is 10.6. The first-order chi connectivity index (χ1) is 8.28. The molecule has 18 heavy (non-hydrogen) atoms. The van der Waals surface area contributed by atoms with Crippen LogP contribution < -0.4 is 0 Å². The van der Waals surface area contributed by atoms with E-state index >= 15 is 0 Å². The Hall–Kier alpha value is 0.150. The first-order valence-corrected chi connectivity index (χ1v) is 9.09. The largest absolute Gasteiger partial charge is 0.268 e. The Kier molecular flexibility index (Phi) is 5.46. The van der Waals surface area contributed by atoms with Crippen molar-refractivity contribution in [3.63, 3.8) is 0 Å². The third-order valence-electron chi connectivity index (χ3n) is 3.79. The van der Waals surface area contributed by atoms with Crippen molar-refractivity contribution in [3.8, 4) is 0 Å². The molecule has 1 rings (SSSR count). The summed E-state index contributed by atoms with van der Waals surface area (Å²) in [4.78, 5) is 0. The molecule has 3 nitrogen and oxygen atoms in total. The van der Waals surface area contributed by atoms with Crippen molar-refractivity contribution in [2.75, 3.05) is 26.7 Å². The molecule has 0 aromatic rings. The van der Waals surface area contributed by atoms with Gasteiger partial charge in [-0.05, 0) is 40.7 Å². The smallest absolute Gasteiger partial charge is 0.1000 e. The van der Waals surface area contributed by atoms with E-state index in [1.165, 1.54) is 19.4 Å². The maximum atomic E-state index is 5.37. The van der Waals surface area contributed by atoms with Gasteiger partial charge in [0.15, 0.2) is 0 Å². The van der Waals surface area contributed by atoms with Crippen LogP contribution in [0, 0.1) is 0 Å². The predicted octanol–water partition coefficient (Wildman–Crippen LogP) is 4.27. The summed E-state index contributed by atoms with van der Waals surface area (Å²) in [5.41, 5.74) is 0.756. The van der Waals surface area contributed by atoms with Crippen LogP contribution in [0.1, 0.15) is 54.4 Å². The zero-order valence-corrected chi connectivity index (χ0v) is 14.3. The molecule has 2 atom stereocenters. The second kappa shape index (κ2) is 6.07. The lowest BCUT2D eigenvalue weighted by Crippen LogP contribution is -2.39. The Bertz CT molecular complexity index is 301. The van der Waals surface area contributed by atoms with Gasteiger partial charge in [0.2, 0.25) is 0 Å². The average molecular weight is 273 g/mol. The summed E-state index contributed by atoms with van der Waals surface area (Å²) in [6, 6.07) is 0. The molecule has 0 amide bonds. The van der Waals surface area contributed by atoms with E-state index in [2.05, 4.69) is 57.9 Å². The topological polar surface area (TPSA) is 18.8 Å². The standard InChI is InChI=1S/C14H32N3P/c1-8-17(9-2)18(15-14(4,5)6)13(3)11-10-12-16(18)7/h13H,8-12H2,1-7H3. The van der Waals surface area contributed by atoms with E-state index in [1.54, 1.807) is 0 Å². The average Bonchev–Trinajstić information content (AvgIpc) is 2.25. The molecule has 0 N–H and O–H groups in total. The number of hydrogen-bond acceptors (Lipinski definition) is 1. The van der Waals surface area contributed by atoms with E-state index in [-0.39, 0.29) is 5.54 Å². The first kappa shape index (κ1) is 16.2. The molecule has 0 spiro atoms. The molecule has 1 aliphatic rings. The lowest BCUT2D eigenvalue weighted by molar-refractivity contribution is 0.378. The molecule has 0 bridgehead atoms. The van der Waals surface area contributed by atoms with Gasteiger partial charge >= 0.3 is 0 Å². The van der Waals surface area contributed by atoms with E-state index in [4.69, 9.17) is 4.74 Å². The maximum Gasteiger partial charge on any atom is 0.1000 e. The van der Waals surface area contributed by atoms with Crippen LogP contribution in [0.2, 0.25) is 0 Å². The van der Waals surface area contributed by atoms with Crippen LogP contribution in [-0.2, 0) is 0 Å². The normalized spacial score (nSPS) is 30.8. The van der Waals surface area contributed by atoms with Crippen LogP contribution in [0.4, 0.5) is 0 Å². The van der Waals surface area contributed by atoms with Gasteiger partial charge in [0.1, 0.15) is 0 Å². The zero-order chi connectivity index (χ0) is 14.0. The fourth-order valence-corrected chi connectivity index (χ4v) is 7.91. The van der Waals surface area contributed by atoms with Gasteiger partial charge in [-0.3, -0.25) is 14.1 Å². The van der Waals surface area contributed by atoms with Crippen LogP contribution >= 0.6 is 7.36 Å². The van der Waals surface area contributed by atoms with Gasteiger partial charge in [0.05, 0.1) is 12.9 Å². The molecule has 2 unspecified atom stereocenters. The molecule has 108 valence electrons. The molecule has 1 saturated heterocycles. The molecular weight excluding hydrogens is 241 g/mol. The number of hydrogen-bond donors (Lipinski definition) is 0. The Morgan fingerprint density at radius 3 is 2.22 bits per heavy atom. The van der Waals surface area contributed by atoms with Gasteiger partial charge < -0.3 is 0 Å². The monoisotopic (exact) mass is 273 g/mol. The fraction of sp³-hybridized carbons (Fsp3) is 1.00. The van der Waals surface area contributed by atoms with Crippen molar-refractivity contribution in [3.05, 3.63) is 0 Å². The third-order valence-corrected chi connectivity index (χ3v) is 8.73. The Labute approximate surface area is 114 Å². The molecule has 0 aromatic heterocycles. The van der Waals surface area contributed by atoms with Crippen molar-refractivity contribution in [2.24, 2.45) is 4.74 Å². The minimum Gasteiger partial charge on any atom is -0.268 e. The van der Waals surface area contributed by atoms with Gasteiger partial charge in [0.25, 0.3) is 0 Å². The summed E-state index contributed by atoms with van der Waals surface area (Å²) >= 11 is 0. The van der Waals surface area contributed by atoms with Gasteiger partial charge in [-0.2, -0.15) is 0 Å². The Morgan fingerprint density at radius 1 is 1.28 bits per heavy atom. The van der Waals surface area contributed by atoms with Crippen molar-refractivity contribution in [1.82, 2.24) is 9.34 Å². The quantitative estimate of drug-likeness (QED) is 0.715. The SMILES string of the molecule is CCN(CC)P1(=NC(C)(C)C)C(C)CCCN1C. The highest BCUT2D eigenvalue weighted by Crippen LogP contribution is 2.63. The first-order valence-electron chi connectivity index (χ1n) is 7.38. The second-order valence-corrected chi connectivity index (χ2v) is 9.96. The summed E-state index contributed by atoms with van der Waals surface area (Å²) in [7, 11) is 0.776. The van der Waals surface area contributed by atoms with Crippen molar-refractivity contribution >= 4 is 7.36 Å².